The van der Waals surface area contributed by atoms with Gasteiger partial charge in [0.25, 0.3) is 5.91 Å². The van der Waals surface area contributed by atoms with E-state index in [-0.39, 0.29) is 12.5 Å². The third-order valence-corrected chi connectivity index (χ3v) is 3.79. The fourth-order valence-corrected chi connectivity index (χ4v) is 2.50. The van der Waals surface area contributed by atoms with Crippen LogP contribution < -0.4 is 10.1 Å². The van der Waals surface area contributed by atoms with Crippen LogP contribution in [-0.2, 0) is 6.61 Å². The minimum Gasteiger partial charge on any atom is -0.485 e. The minimum absolute atomic E-state index is 0.181. The number of hydrogen-bond donors (Lipinski definition) is 3. The summed E-state index contributed by atoms with van der Waals surface area (Å²) in [7, 11) is 0. The molecule has 0 unspecified atom stereocenters. The van der Waals surface area contributed by atoms with Gasteiger partial charge in [-0.2, -0.15) is 10.3 Å². The van der Waals surface area contributed by atoms with Crippen molar-refractivity contribution in [1.29, 1.82) is 0 Å². The molecular formula is C18H15N7O2. The second-order valence-corrected chi connectivity index (χ2v) is 5.65. The molecule has 0 atom stereocenters. The van der Waals surface area contributed by atoms with E-state index < -0.39 is 0 Å². The second-order valence-electron chi connectivity index (χ2n) is 5.65. The average Bonchev–Trinajstić information content (AvgIpc) is 3.41. The third-order valence-electron chi connectivity index (χ3n) is 3.79. The lowest BCUT2D eigenvalue weighted by Gasteiger charge is -2.09. The molecule has 0 bridgehead atoms. The zero-order chi connectivity index (χ0) is 18.5. The molecule has 2 heterocycles. The lowest BCUT2D eigenvalue weighted by Crippen LogP contribution is -2.12. The minimum atomic E-state index is -0.216. The van der Waals surface area contributed by atoms with E-state index in [0.717, 1.165) is 11.3 Å². The van der Waals surface area contributed by atoms with Crippen LogP contribution in [0.2, 0.25) is 0 Å². The van der Waals surface area contributed by atoms with E-state index in [2.05, 4.69) is 36.1 Å². The summed E-state index contributed by atoms with van der Waals surface area (Å²) in [4.78, 5) is 12.6. The van der Waals surface area contributed by atoms with Crippen molar-refractivity contribution in [3.8, 4) is 17.0 Å². The number of nitrogens with zero attached hydrogens (tertiary/aromatic N) is 4. The smallest absolute Gasteiger partial charge is 0.255 e. The summed E-state index contributed by atoms with van der Waals surface area (Å²) in [5.41, 5.74) is 2.90. The number of tetrazole rings is 1. The summed E-state index contributed by atoms with van der Waals surface area (Å²) in [5, 5.41) is 23.2. The van der Waals surface area contributed by atoms with Gasteiger partial charge in [-0.05, 0) is 30.3 Å². The normalized spacial score (nSPS) is 10.5. The summed E-state index contributed by atoms with van der Waals surface area (Å²) < 4.78 is 5.60. The van der Waals surface area contributed by atoms with Crippen molar-refractivity contribution in [2.24, 2.45) is 0 Å². The number of aromatic nitrogens is 6. The van der Waals surface area contributed by atoms with E-state index in [0.29, 0.717) is 22.8 Å². The standard InChI is InChI=1S/C18H15N7O2/c26-18(13-4-1-3-12(9-13)16-7-8-19-21-16)20-14-5-2-6-15(10-14)27-11-17-22-24-25-23-17/h1-10H,11H2,(H,19,21)(H,20,26)(H,22,23,24,25). The molecule has 2 aromatic carbocycles. The first-order chi connectivity index (χ1) is 13.3. The molecule has 134 valence electrons. The second kappa shape index (κ2) is 7.48. The van der Waals surface area contributed by atoms with Crippen molar-refractivity contribution in [2.75, 3.05) is 5.32 Å². The Hall–Kier alpha value is -4.01. The molecule has 0 fully saturated rings. The van der Waals surface area contributed by atoms with Crippen LogP contribution >= 0.6 is 0 Å². The summed E-state index contributed by atoms with van der Waals surface area (Å²) in [6.45, 7) is 0.181. The van der Waals surface area contributed by atoms with Crippen LogP contribution in [0.1, 0.15) is 16.2 Å². The van der Waals surface area contributed by atoms with Crippen molar-refractivity contribution in [3.63, 3.8) is 0 Å². The number of benzene rings is 2. The number of hydrogen-bond acceptors (Lipinski definition) is 6. The number of rotatable bonds is 6. The molecular weight excluding hydrogens is 346 g/mol. The van der Waals surface area contributed by atoms with Crippen molar-refractivity contribution in [2.45, 2.75) is 6.61 Å². The van der Waals surface area contributed by atoms with E-state index in [4.69, 9.17) is 4.74 Å². The van der Waals surface area contributed by atoms with Gasteiger partial charge in [0.05, 0.1) is 5.69 Å². The van der Waals surface area contributed by atoms with Crippen LogP contribution in [0.4, 0.5) is 5.69 Å². The first kappa shape index (κ1) is 16.5. The molecule has 0 aliphatic carbocycles. The van der Waals surface area contributed by atoms with E-state index in [1.165, 1.54) is 0 Å². The highest BCUT2D eigenvalue weighted by molar-refractivity contribution is 6.05. The number of nitrogens with one attached hydrogen (secondary N) is 3. The molecule has 9 nitrogen and oxygen atoms in total. The number of aromatic amines is 2. The zero-order valence-electron chi connectivity index (χ0n) is 14.1. The van der Waals surface area contributed by atoms with E-state index >= 15 is 0 Å². The lowest BCUT2D eigenvalue weighted by atomic mass is 10.1. The van der Waals surface area contributed by atoms with Gasteiger partial charge in [0.1, 0.15) is 5.75 Å². The molecule has 9 heteroatoms. The Kier molecular flexibility index (Phi) is 4.56. The van der Waals surface area contributed by atoms with Crippen LogP contribution in [-0.4, -0.2) is 36.7 Å². The van der Waals surface area contributed by atoms with E-state index in [1.807, 2.05) is 18.2 Å². The fourth-order valence-electron chi connectivity index (χ4n) is 2.50. The number of carbonyl (C=O) groups excluding carboxylic acids is 1. The molecule has 0 aliphatic rings. The molecule has 4 aromatic rings. The number of amides is 1. The van der Waals surface area contributed by atoms with E-state index in [1.54, 1.807) is 42.6 Å². The first-order valence-electron chi connectivity index (χ1n) is 8.14. The molecule has 4 rings (SSSR count). The van der Waals surface area contributed by atoms with Crippen LogP contribution in [0.25, 0.3) is 11.3 Å². The average molecular weight is 361 g/mol. The van der Waals surface area contributed by atoms with Crippen molar-refractivity contribution in [1.82, 2.24) is 30.8 Å². The number of H-pyrrole nitrogens is 2. The maximum absolute atomic E-state index is 12.6. The first-order valence-corrected chi connectivity index (χ1v) is 8.14. The van der Waals surface area contributed by atoms with Gasteiger partial charge in [-0.15, -0.1) is 10.2 Å². The number of ether oxygens (including phenoxy) is 1. The SMILES string of the molecule is O=C(Nc1cccc(OCc2nn[nH]n2)c1)c1cccc(-c2ccn[nH]2)c1. The Labute approximate surface area is 153 Å². The van der Waals surface area contributed by atoms with Crippen LogP contribution in [0.5, 0.6) is 5.75 Å². The Morgan fingerprint density at radius 3 is 2.85 bits per heavy atom. The fraction of sp³-hybridized carbons (Fsp3) is 0.0556. The molecule has 1 amide bonds. The molecule has 0 aliphatic heterocycles. The van der Waals surface area contributed by atoms with Gasteiger partial charge in [-0.25, -0.2) is 0 Å². The molecule has 27 heavy (non-hydrogen) atoms. The Bertz CT molecular complexity index is 1030. The van der Waals surface area contributed by atoms with Gasteiger partial charge >= 0.3 is 0 Å². The maximum atomic E-state index is 12.6. The zero-order valence-corrected chi connectivity index (χ0v) is 14.1. The Morgan fingerprint density at radius 1 is 1.11 bits per heavy atom. The lowest BCUT2D eigenvalue weighted by molar-refractivity contribution is 0.102. The van der Waals surface area contributed by atoms with Crippen molar-refractivity contribution < 1.29 is 9.53 Å². The number of anilines is 1. The summed E-state index contributed by atoms with van der Waals surface area (Å²) in [6.07, 6.45) is 1.67. The molecule has 0 saturated heterocycles. The molecule has 2 aromatic heterocycles. The Morgan fingerprint density at radius 2 is 2.04 bits per heavy atom. The predicted molar refractivity (Wildman–Crippen MR) is 96.9 cm³/mol. The van der Waals surface area contributed by atoms with Gasteiger partial charge in [-0.1, -0.05) is 23.4 Å². The van der Waals surface area contributed by atoms with Gasteiger partial charge in [-0.3, -0.25) is 9.89 Å². The van der Waals surface area contributed by atoms with Crippen LogP contribution in [0, 0.1) is 0 Å². The van der Waals surface area contributed by atoms with Gasteiger partial charge in [0.2, 0.25) is 5.82 Å². The highest BCUT2D eigenvalue weighted by atomic mass is 16.5. The van der Waals surface area contributed by atoms with Crippen molar-refractivity contribution >= 4 is 11.6 Å². The maximum Gasteiger partial charge on any atom is 0.255 e. The van der Waals surface area contributed by atoms with Gasteiger partial charge in [0.15, 0.2) is 6.61 Å². The third kappa shape index (κ3) is 3.98. The molecule has 0 saturated carbocycles. The number of carbonyl (C=O) groups is 1. The molecule has 3 N–H and O–H groups in total. The van der Waals surface area contributed by atoms with Crippen LogP contribution in [0.15, 0.2) is 60.8 Å². The topological polar surface area (TPSA) is 121 Å². The van der Waals surface area contributed by atoms with Gasteiger partial charge in [0, 0.05) is 29.1 Å². The van der Waals surface area contributed by atoms with Gasteiger partial charge < -0.3 is 10.1 Å². The Balaban J connectivity index is 1.45. The van der Waals surface area contributed by atoms with Crippen LogP contribution in [0.3, 0.4) is 0 Å². The van der Waals surface area contributed by atoms with Crippen molar-refractivity contribution in [3.05, 3.63) is 72.2 Å². The van der Waals surface area contributed by atoms with E-state index in [9.17, 15) is 4.79 Å². The monoisotopic (exact) mass is 361 g/mol. The largest absolute Gasteiger partial charge is 0.485 e. The highest BCUT2D eigenvalue weighted by Gasteiger charge is 2.09. The highest BCUT2D eigenvalue weighted by Crippen LogP contribution is 2.21. The molecule has 0 spiro atoms. The summed E-state index contributed by atoms with van der Waals surface area (Å²) in [5.74, 6) is 0.815. The molecule has 0 radical (unpaired) electrons. The predicted octanol–water partition coefficient (Wildman–Crippen LogP) is 2.42. The summed E-state index contributed by atoms with van der Waals surface area (Å²) >= 11 is 0. The quantitative estimate of drug-likeness (QED) is 0.485. The summed E-state index contributed by atoms with van der Waals surface area (Å²) in [6, 6.07) is 16.3.